The van der Waals surface area contributed by atoms with Gasteiger partial charge in [0.15, 0.2) is 4.32 Å². The summed E-state index contributed by atoms with van der Waals surface area (Å²) >= 11 is 6.28. The Morgan fingerprint density at radius 2 is 2.04 bits per heavy atom. The van der Waals surface area contributed by atoms with Crippen molar-refractivity contribution in [2.45, 2.75) is 0 Å². The Morgan fingerprint density at radius 3 is 2.77 bits per heavy atom. The predicted octanol–water partition coefficient (Wildman–Crippen LogP) is 2.95. The van der Waals surface area contributed by atoms with Crippen LogP contribution in [0.1, 0.15) is 15.9 Å². The van der Waals surface area contributed by atoms with Crippen molar-refractivity contribution in [3.05, 3.63) is 64.6 Å². The molecule has 0 bridgehead atoms. The number of nitrogens with zero attached hydrogens (tertiary/aromatic N) is 1. The van der Waals surface area contributed by atoms with E-state index in [1.807, 2.05) is 18.2 Å². The van der Waals surface area contributed by atoms with Gasteiger partial charge in [0.2, 0.25) is 0 Å². The summed E-state index contributed by atoms with van der Waals surface area (Å²) in [6.07, 6.45) is 1.67. The van der Waals surface area contributed by atoms with E-state index < -0.39 is 11.8 Å². The number of ether oxygens (including phenoxy) is 1. The van der Waals surface area contributed by atoms with Crippen molar-refractivity contribution in [1.82, 2.24) is 10.4 Å². The van der Waals surface area contributed by atoms with Crippen LogP contribution in [0, 0.1) is 0 Å². The Labute approximate surface area is 159 Å². The number of benzene rings is 2. The van der Waals surface area contributed by atoms with E-state index in [1.54, 1.807) is 19.3 Å². The van der Waals surface area contributed by atoms with Gasteiger partial charge in [-0.15, -0.1) is 0 Å². The molecule has 3 rings (SSSR count). The molecule has 1 fully saturated rings. The molecule has 6 nitrogen and oxygen atoms in total. The molecule has 2 aromatic carbocycles. The first-order valence-corrected chi connectivity index (χ1v) is 8.73. The van der Waals surface area contributed by atoms with Crippen LogP contribution in [0.5, 0.6) is 11.5 Å². The van der Waals surface area contributed by atoms with Gasteiger partial charge in [-0.05, 0) is 42.6 Å². The molecule has 0 saturated carbocycles. The number of hydrogen-bond acceptors (Lipinski definition) is 6. The van der Waals surface area contributed by atoms with Gasteiger partial charge in [-0.1, -0.05) is 36.0 Å². The molecule has 2 aromatic rings. The van der Waals surface area contributed by atoms with Gasteiger partial charge >= 0.3 is 0 Å². The number of carbonyl (C=O) groups is 2. The van der Waals surface area contributed by atoms with Crippen LogP contribution in [-0.2, 0) is 4.79 Å². The summed E-state index contributed by atoms with van der Waals surface area (Å²) in [4.78, 5) is 25.3. The third-order valence-corrected chi connectivity index (χ3v) is 4.84. The highest BCUT2D eigenvalue weighted by atomic mass is 32.2. The number of rotatable bonds is 4. The van der Waals surface area contributed by atoms with E-state index in [0.29, 0.717) is 10.7 Å². The fraction of sp³-hybridized carbons (Fsp3) is 0.0556. The smallest absolute Gasteiger partial charge is 0.285 e. The lowest BCUT2D eigenvalue weighted by molar-refractivity contribution is -0.123. The molecular formula is C18H14N2O4S2. The van der Waals surface area contributed by atoms with Crippen LogP contribution in [0.4, 0.5) is 0 Å². The minimum atomic E-state index is -0.546. The van der Waals surface area contributed by atoms with Crippen LogP contribution in [0.2, 0.25) is 0 Å². The number of thioether (sulfide) groups is 1. The van der Waals surface area contributed by atoms with Crippen molar-refractivity contribution in [3.8, 4) is 11.5 Å². The molecule has 0 aromatic heterocycles. The second-order valence-corrected chi connectivity index (χ2v) is 6.93. The first-order chi connectivity index (χ1) is 12.5. The molecule has 2 amide bonds. The van der Waals surface area contributed by atoms with E-state index >= 15 is 0 Å². The highest BCUT2D eigenvalue weighted by Gasteiger charge is 2.34. The molecule has 0 aliphatic carbocycles. The molecule has 26 heavy (non-hydrogen) atoms. The maximum absolute atomic E-state index is 12.6. The monoisotopic (exact) mass is 386 g/mol. The Bertz CT molecular complexity index is 927. The molecule has 1 saturated heterocycles. The van der Waals surface area contributed by atoms with Gasteiger partial charge in [-0.3, -0.25) is 15.0 Å². The third-order valence-electron chi connectivity index (χ3n) is 3.54. The number of thiocarbonyl (C=S) groups is 1. The Balaban J connectivity index is 1.81. The van der Waals surface area contributed by atoms with Crippen molar-refractivity contribution in [2.24, 2.45) is 0 Å². The van der Waals surface area contributed by atoms with E-state index in [-0.39, 0.29) is 15.6 Å². The quantitative estimate of drug-likeness (QED) is 0.621. The first kappa shape index (κ1) is 18.0. The van der Waals surface area contributed by atoms with Gasteiger partial charge in [0, 0.05) is 11.1 Å². The Hall–Kier alpha value is -2.84. The van der Waals surface area contributed by atoms with Crippen molar-refractivity contribution in [1.29, 1.82) is 0 Å². The number of aromatic hydroxyl groups is 1. The zero-order valence-electron chi connectivity index (χ0n) is 13.6. The summed E-state index contributed by atoms with van der Waals surface area (Å²) < 4.78 is 5.49. The Morgan fingerprint density at radius 1 is 1.27 bits per heavy atom. The molecule has 132 valence electrons. The van der Waals surface area contributed by atoms with E-state index in [2.05, 4.69) is 5.43 Å². The summed E-state index contributed by atoms with van der Waals surface area (Å²) in [5, 5.41) is 10.5. The van der Waals surface area contributed by atoms with Crippen LogP contribution in [0.3, 0.4) is 0 Å². The van der Waals surface area contributed by atoms with Gasteiger partial charge in [0.25, 0.3) is 11.8 Å². The highest BCUT2D eigenvalue weighted by molar-refractivity contribution is 8.26. The zero-order chi connectivity index (χ0) is 18.7. The molecule has 0 radical (unpaired) electrons. The van der Waals surface area contributed by atoms with Crippen molar-refractivity contribution >= 4 is 46.2 Å². The van der Waals surface area contributed by atoms with Crippen LogP contribution in [0.15, 0.2) is 53.4 Å². The fourth-order valence-electron chi connectivity index (χ4n) is 2.30. The highest BCUT2D eigenvalue weighted by Crippen LogP contribution is 2.33. The maximum Gasteiger partial charge on any atom is 0.285 e. The van der Waals surface area contributed by atoms with Gasteiger partial charge < -0.3 is 9.84 Å². The maximum atomic E-state index is 12.6. The number of hydrazine groups is 1. The van der Waals surface area contributed by atoms with Crippen molar-refractivity contribution in [3.63, 3.8) is 0 Å². The normalized spacial score (nSPS) is 15.4. The van der Waals surface area contributed by atoms with Crippen molar-refractivity contribution < 1.29 is 19.4 Å². The van der Waals surface area contributed by atoms with E-state index in [4.69, 9.17) is 17.0 Å². The van der Waals surface area contributed by atoms with Crippen LogP contribution in [-0.4, -0.2) is 33.4 Å². The van der Waals surface area contributed by atoms with Gasteiger partial charge in [-0.2, -0.15) is 5.01 Å². The number of amides is 2. The van der Waals surface area contributed by atoms with Gasteiger partial charge in [0.05, 0.1) is 12.0 Å². The lowest BCUT2D eigenvalue weighted by atomic mass is 10.2. The van der Waals surface area contributed by atoms with E-state index in [9.17, 15) is 14.7 Å². The molecule has 0 unspecified atom stereocenters. The van der Waals surface area contributed by atoms with Gasteiger partial charge in [-0.25, -0.2) is 0 Å². The predicted molar refractivity (Wildman–Crippen MR) is 104 cm³/mol. The SMILES string of the molecule is COc1ccccc1/C=C1\SC(=S)N(NC(=O)c2cccc(O)c2)C1=O. The fourth-order valence-corrected chi connectivity index (χ4v) is 3.47. The number of hydrogen-bond donors (Lipinski definition) is 2. The molecule has 0 atom stereocenters. The molecule has 1 aliphatic heterocycles. The first-order valence-electron chi connectivity index (χ1n) is 7.50. The third kappa shape index (κ3) is 3.71. The number of nitrogens with one attached hydrogen (secondary N) is 1. The summed E-state index contributed by atoms with van der Waals surface area (Å²) in [6, 6.07) is 13.1. The average molecular weight is 386 g/mol. The van der Waals surface area contributed by atoms with Crippen molar-refractivity contribution in [2.75, 3.05) is 7.11 Å². The van der Waals surface area contributed by atoms with E-state index in [0.717, 1.165) is 22.3 Å². The van der Waals surface area contributed by atoms with Crippen LogP contribution < -0.4 is 10.2 Å². The Kier molecular flexibility index (Phi) is 5.24. The van der Waals surface area contributed by atoms with Crippen LogP contribution >= 0.6 is 24.0 Å². The minimum Gasteiger partial charge on any atom is -0.508 e. The van der Waals surface area contributed by atoms with E-state index in [1.165, 1.54) is 24.3 Å². The summed E-state index contributed by atoms with van der Waals surface area (Å²) in [5.41, 5.74) is 3.41. The summed E-state index contributed by atoms with van der Waals surface area (Å²) in [5.74, 6) is -0.393. The molecule has 2 N–H and O–H groups in total. The van der Waals surface area contributed by atoms with Gasteiger partial charge in [0.1, 0.15) is 11.5 Å². The standard InChI is InChI=1S/C18H14N2O4S2/c1-24-14-8-3-2-5-11(14)10-15-17(23)20(18(25)26-15)19-16(22)12-6-4-7-13(21)9-12/h2-10,21H,1H3,(H,19,22)/b15-10-. The number of phenolic OH excluding ortho intramolecular Hbond substituents is 1. The zero-order valence-corrected chi connectivity index (χ0v) is 15.3. The lowest BCUT2D eigenvalue weighted by Crippen LogP contribution is -2.44. The average Bonchev–Trinajstić information content (AvgIpc) is 2.89. The van der Waals surface area contributed by atoms with Crippen LogP contribution in [0.25, 0.3) is 6.08 Å². The topological polar surface area (TPSA) is 78.9 Å². The minimum absolute atomic E-state index is 0.0425. The molecule has 1 aliphatic rings. The second-order valence-electron chi connectivity index (χ2n) is 5.25. The summed E-state index contributed by atoms with van der Waals surface area (Å²) in [6.45, 7) is 0. The number of carbonyl (C=O) groups excluding carboxylic acids is 2. The number of methoxy groups -OCH3 is 1. The lowest BCUT2D eigenvalue weighted by Gasteiger charge is -2.15. The second kappa shape index (κ2) is 7.59. The largest absolute Gasteiger partial charge is 0.508 e. The molecular weight excluding hydrogens is 372 g/mol. The molecule has 1 heterocycles. The molecule has 0 spiro atoms. The molecule has 8 heteroatoms. The number of para-hydroxylation sites is 1. The number of phenols is 1. The summed E-state index contributed by atoms with van der Waals surface area (Å²) in [7, 11) is 1.55.